The van der Waals surface area contributed by atoms with Gasteiger partial charge in [-0.3, -0.25) is 9.89 Å². The minimum atomic E-state index is -0.147. The quantitative estimate of drug-likeness (QED) is 0.509. The van der Waals surface area contributed by atoms with Gasteiger partial charge >= 0.3 is 0 Å². The summed E-state index contributed by atoms with van der Waals surface area (Å²) >= 11 is 5.05. The van der Waals surface area contributed by atoms with Crippen LogP contribution in [0.1, 0.15) is 11.3 Å². The molecule has 0 aliphatic carbocycles. The molecule has 21 heavy (non-hydrogen) atoms. The molecule has 6 nitrogen and oxygen atoms in total. The van der Waals surface area contributed by atoms with Crippen molar-refractivity contribution in [2.75, 3.05) is 14.1 Å². The summed E-state index contributed by atoms with van der Waals surface area (Å²) in [4.78, 5) is 12.4. The summed E-state index contributed by atoms with van der Waals surface area (Å²) in [5.74, 6) is 0. The normalized spacial score (nSPS) is 10.8. The lowest BCUT2D eigenvalue weighted by Gasteiger charge is -2.12. The lowest BCUT2D eigenvalue weighted by Crippen LogP contribution is -2.31. The fourth-order valence-electron chi connectivity index (χ4n) is 1.83. The standard InChI is InChI=1S/C14H17N5OS/c1-10-12(9-16-18(3)14(21)15-2)13(20)19(17-10)11-7-5-4-6-8-11/h4-9,17H,1-3H3,(H,15,21)/b16-9+. The van der Waals surface area contributed by atoms with Crippen LogP contribution in [-0.4, -0.2) is 40.2 Å². The SMILES string of the molecule is CNC(=S)N(C)/N=C/c1c(C)[nH]n(-c2ccccc2)c1=O. The number of aromatic amines is 1. The first-order chi connectivity index (χ1) is 10.0. The Kier molecular flexibility index (Phi) is 4.54. The first kappa shape index (κ1) is 15.0. The van der Waals surface area contributed by atoms with Crippen molar-refractivity contribution in [1.29, 1.82) is 0 Å². The monoisotopic (exact) mass is 303 g/mol. The van der Waals surface area contributed by atoms with E-state index in [0.29, 0.717) is 10.7 Å². The third-order valence-electron chi connectivity index (χ3n) is 3.00. The molecule has 1 aromatic heterocycles. The van der Waals surface area contributed by atoms with Gasteiger partial charge < -0.3 is 5.32 Å². The van der Waals surface area contributed by atoms with Crippen LogP contribution in [0, 0.1) is 6.92 Å². The lowest BCUT2D eigenvalue weighted by molar-refractivity contribution is 0.540. The highest BCUT2D eigenvalue weighted by molar-refractivity contribution is 7.80. The Hall–Kier alpha value is -2.41. The van der Waals surface area contributed by atoms with Crippen molar-refractivity contribution in [3.05, 3.63) is 51.9 Å². The number of nitrogens with one attached hydrogen (secondary N) is 2. The number of rotatable bonds is 3. The first-order valence-electron chi connectivity index (χ1n) is 6.41. The van der Waals surface area contributed by atoms with Gasteiger partial charge in [0.1, 0.15) is 0 Å². The molecular weight excluding hydrogens is 286 g/mol. The molecule has 0 saturated heterocycles. The molecule has 0 spiro atoms. The smallest absolute Gasteiger partial charge is 0.280 e. The largest absolute Gasteiger partial charge is 0.364 e. The topological polar surface area (TPSA) is 65.4 Å². The Morgan fingerprint density at radius 2 is 2.10 bits per heavy atom. The average molecular weight is 303 g/mol. The summed E-state index contributed by atoms with van der Waals surface area (Å²) in [7, 11) is 3.44. The van der Waals surface area contributed by atoms with E-state index in [0.717, 1.165) is 11.4 Å². The van der Waals surface area contributed by atoms with Gasteiger partial charge in [-0.15, -0.1) is 0 Å². The second-order valence-electron chi connectivity index (χ2n) is 4.45. The zero-order valence-corrected chi connectivity index (χ0v) is 12.9. The molecule has 110 valence electrons. The Morgan fingerprint density at radius 1 is 1.43 bits per heavy atom. The first-order valence-corrected chi connectivity index (χ1v) is 6.82. The van der Waals surface area contributed by atoms with Gasteiger partial charge in [-0.1, -0.05) is 18.2 Å². The zero-order valence-electron chi connectivity index (χ0n) is 12.1. The maximum Gasteiger partial charge on any atom is 0.280 e. The van der Waals surface area contributed by atoms with Gasteiger partial charge in [0, 0.05) is 19.8 Å². The van der Waals surface area contributed by atoms with Gasteiger partial charge in [-0.05, 0) is 31.3 Å². The van der Waals surface area contributed by atoms with Crippen LogP contribution in [0.2, 0.25) is 0 Å². The molecule has 0 amide bonds. The minimum absolute atomic E-state index is 0.147. The summed E-state index contributed by atoms with van der Waals surface area (Å²) in [6.07, 6.45) is 1.51. The van der Waals surface area contributed by atoms with Crippen molar-refractivity contribution in [1.82, 2.24) is 20.1 Å². The van der Waals surface area contributed by atoms with Gasteiger partial charge in [-0.2, -0.15) is 5.10 Å². The molecule has 1 aromatic carbocycles. The molecule has 2 N–H and O–H groups in total. The van der Waals surface area contributed by atoms with Crippen LogP contribution in [0.4, 0.5) is 0 Å². The van der Waals surface area contributed by atoms with Gasteiger partial charge in [0.05, 0.1) is 17.5 Å². The van der Waals surface area contributed by atoms with Crippen molar-refractivity contribution in [3.63, 3.8) is 0 Å². The molecule has 0 atom stereocenters. The molecule has 0 radical (unpaired) electrons. The van der Waals surface area contributed by atoms with Gasteiger partial charge in [-0.25, -0.2) is 9.69 Å². The number of aryl methyl sites for hydroxylation is 1. The van der Waals surface area contributed by atoms with Crippen LogP contribution in [0.15, 0.2) is 40.2 Å². The molecule has 2 aromatic rings. The summed E-state index contributed by atoms with van der Waals surface area (Å²) in [6.45, 7) is 1.83. The summed E-state index contributed by atoms with van der Waals surface area (Å²) in [5, 5.41) is 12.0. The van der Waals surface area contributed by atoms with E-state index >= 15 is 0 Å². The number of thiocarbonyl (C=S) groups is 1. The van der Waals surface area contributed by atoms with E-state index in [1.807, 2.05) is 37.3 Å². The second-order valence-corrected chi connectivity index (χ2v) is 4.84. The minimum Gasteiger partial charge on any atom is -0.364 e. The van der Waals surface area contributed by atoms with Gasteiger partial charge in [0.15, 0.2) is 5.11 Å². The number of benzene rings is 1. The van der Waals surface area contributed by atoms with E-state index in [1.54, 1.807) is 14.1 Å². The van der Waals surface area contributed by atoms with E-state index in [4.69, 9.17) is 12.2 Å². The molecule has 0 bridgehead atoms. The van der Waals surface area contributed by atoms with Crippen molar-refractivity contribution < 1.29 is 0 Å². The van der Waals surface area contributed by atoms with Crippen LogP contribution in [0.3, 0.4) is 0 Å². The van der Waals surface area contributed by atoms with Crippen molar-refractivity contribution in [3.8, 4) is 5.69 Å². The number of hydrogen-bond donors (Lipinski definition) is 2. The Balaban J connectivity index is 2.35. The predicted molar refractivity (Wildman–Crippen MR) is 88.1 cm³/mol. The van der Waals surface area contributed by atoms with Crippen LogP contribution < -0.4 is 10.9 Å². The third-order valence-corrected chi connectivity index (χ3v) is 3.47. The van der Waals surface area contributed by atoms with Crippen molar-refractivity contribution >= 4 is 23.5 Å². The van der Waals surface area contributed by atoms with Gasteiger partial charge in [0.2, 0.25) is 0 Å². The average Bonchev–Trinajstić information content (AvgIpc) is 2.79. The fourth-order valence-corrected chi connectivity index (χ4v) is 1.88. The number of para-hydroxylation sites is 1. The zero-order chi connectivity index (χ0) is 15.4. The molecule has 0 fully saturated rings. The molecule has 7 heteroatoms. The van der Waals surface area contributed by atoms with Crippen molar-refractivity contribution in [2.45, 2.75) is 6.92 Å². The lowest BCUT2D eigenvalue weighted by atomic mass is 10.3. The molecule has 1 heterocycles. The maximum atomic E-state index is 12.4. The third kappa shape index (κ3) is 3.19. The number of aromatic nitrogens is 2. The number of hydrogen-bond acceptors (Lipinski definition) is 3. The highest BCUT2D eigenvalue weighted by atomic mass is 32.1. The number of nitrogens with zero attached hydrogens (tertiary/aromatic N) is 3. The van der Waals surface area contributed by atoms with E-state index in [-0.39, 0.29) is 5.56 Å². The van der Waals surface area contributed by atoms with Crippen LogP contribution >= 0.6 is 12.2 Å². The summed E-state index contributed by atoms with van der Waals surface area (Å²) < 4.78 is 1.49. The van der Waals surface area contributed by atoms with Crippen molar-refractivity contribution in [2.24, 2.45) is 5.10 Å². The molecule has 0 unspecified atom stereocenters. The van der Waals surface area contributed by atoms with E-state index in [9.17, 15) is 4.79 Å². The molecule has 2 rings (SSSR count). The second kappa shape index (κ2) is 6.36. The van der Waals surface area contributed by atoms with Crippen LogP contribution in [-0.2, 0) is 0 Å². The van der Waals surface area contributed by atoms with Crippen LogP contribution in [0.25, 0.3) is 5.69 Å². The molecule has 0 saturated carbocycles. The molecule has 0 aliphatic rings. The fraction of sp³-hybridized carbons (Fsp3) is 0.214. The number of H-pyrrole nitrogens is 1. The van der Waals surface area contributed by atoms with E-state index < -0.39 is 0 Å². The molecule has 0 aliphatic heterocycles. The Morgan fingerprint density at radius 3 is 2.71 bits per heavy atom. The van der Waals surface area contributed by atoms with E-state index in [1.165, 1.54) is 15.9 Å². The highest BCUT2D eigenvalue weighted by Crippen LogP contribution is 2.05. The highest BCUT2D eigenvalue weighted by Gasteiger charge is 2.10. The van der Waals surface area contributed by atoms with Gasteiger partial charge in [0.25, 0.3) is 5.56 Å². The predicted octanol–water partition coefficient (Wildman–Crippen LogP) is 1.24. The maximum absolute atomic E-state index is 12.4. The van der Waals surface area contributed by atoms with Crippen LogP contribution in [0.5, 0.6) is 0 Å². The Bertz CT molecular complexity index is 717. The Labute approximate surface area is 128 Å². The van der Waals surface area contributed by atoms with E-state index in [2.05, 4.69) is 15.5 Å². The summed E-state index contributed by atoms with van der Waals surface area (Å²) in [5.41, 5.74) is 1.89. The molecular formula is C14H17N5OS. The number of hydrazone groups is 1. The summed E-state index contributed by atoms with van der Waals surface area (Å²) in [6, 6.07) is 9.39.